The van der Waals surface area contributed by atoms with Crippen LogP contribution < -0.4 is 9.80 Å². The molecule has 15 rings (SSSR count). The number of anilines is 6. The van der Waals surface area contributed by atoms with Crippen molar-refractivity contribution in [2.75, 3.05) is 9.80 Å². The van der Waals surface area contributed by atoms with E-state index in [4.69, 9.17) is 8.83 Å². The Kier molecular flexibility index (Phi) is 14.5. The number of allylic oxidation sites excluding steroid dienone is 4. The van der Waals surface area contributed by atoms with Crippen LogP contribution in [0, 0.1) is 13.8 Å². The molecule has 4 heteroatoms. The number of rotatable bonds is 10. The molecule has 1 unspecified atom stereocenters. The normalized spacial score (nSPS) is 13.5. The van der Waals surface area contributed by atoms with Gasteiger partial charge in [0.15, 0.2) is 11.2 Å². The molecular weight excluding hydrogens is 1060 g/mol. The van der Waals surface area contributed by atoms with Crippen molar-refractivity contribution in [3.63, 3.8) is 0 Å². The topological polar surface area (TPSA) is 32.8 Å². The smallest absolute Gasteiger partial charge is 0.159 e. The quantitative estimate of drug-likeness (QED) is 0.128. The standard InChI is InChI=1S/C76H54N2O2.C4H8.C3H6/c1-7-17-58-62-20-15-23-67(74(62)79-69(58)10-4)77(51-33-26-46(5)27-34-51)53-37-41-56-49(44-53)30-39-60-61-40-31-50-45-54(78(52-35-28-47(6)29-36-52)68-24-16-21-63-59-18-12-14-25-70(59)80-75(63)68)38-42-57(50)73(61)76(72(56)60)65-22-13-11-19-64(65)71-55(9-3)48(8-2)32-43-66(71)76;1-3-4-2;1-3-2/h7-45H,2-4H2,1,5-6H3;3-4H,1-2H3;3H,1H2,2H3/b17-7-;4-3-;. The van der Waals surface area contributed by atoms with Gasteiger partial charge in [-0.15, -0.1) is 6.58 Å². The minimum atomic E-state index is -0.715. The first-order chi connectivity index (χ1) is 42.6. The second-order valence-corrected chi connectivity index (χ2v) is 22.4. The molecule has 1 atom stereocenters. The Morgan fingerprint density at radius 3 is 1.48 bits per heavy atom. The van der Waals surface area contributed by atoms with Gasteiger partial charge in [-0.05, 0) is 192 Å². The molecule has 0 saturated heterocycles. The van der Waals surface area contributed by atoms with Crippen LogP contribution in [0.15, 0.2) is 266 Å². The van der Waals surface area contributed by atoms with Gasteiger partial charge in [-0.1, -0.05) is 213 Å². The largest absolute Gasteiger partial charge is 0.454 e. The van der Waals surface area contributed by atoms with Crippen LogP contribution >= 0.6 is 0 Å². The van der Waals surface area contributed by atoms with E-state index in [-0.39, 0.29) is 0 Å². The fourth-order valence-electron chi connectivity index (χ4n) is 13.6. The summed E-state index contributed by atoms with van der Waals surface area (Å²) in [5.74, 6) is 0.748. The van der Waals surface area contributed by atoms with Crippen molar-refractivity contribution in [1.29, 1.82) is 0 Å². The lowest BCUT2D eigenvalue weighted by Gasteiger charge is -2.33. The van der Waals surface area contributed by atoms with Gasteiger partial charge in [0.05, 0.1) is 16.8 Å². The molecule has 0 aliphatic heterocycles. The average Bonchev–Trinajstić information content (AvgIpc) is 1.50. The Bertz CT molecular complexity index is 4960. The predicted octanol–water partition coefficient (Wildman–Crippen LogP) is 24.3. The molecule has 4 nitrogen and oxygen atoms in total. The molecule has 0 bridgehead atoms. The third-order valence-electron chi connectivity index (χ3n) is 17.3. The summed E-state index contributed by atoms with van der Waals surface area (Å²) in [5, 5.41) is 7.89. The molecule has 0 N–H and O–H groups in total. The Morgan fingerprint density at radius 1 is 0.402 bits per heavy atom. The minimum Gasteiger partial charge on any atom is -0.454 e. The molecule has 2 aliphatic rings. The zero-order valence-corrected chi connectivity index (χ0v) is 50.3. The van der Waals surface area contributed by atoms with E-state index in [0.29, 0.717) is 0 Å². The second kappa shape index (κ2) is 22.7. The summed E-state index contributed by atoms with van der Waals surface area (Å²) >= 11 is 0. The molecule has 87 heavy (non-hydrogen) atoms. The molecule has 422 valence electrons. The SMILES string of the molecule is C/C=C\C.C=CC.C=Cc1ccc2c(c1C=C)-c1ccccc1C21c2c(ccc3cc(N(c4ccc(C)cc4)c4cccc5c(/C=C\C)c(C=C)oc45)ccc23)-c2ccc3cc(N(c4ccc(C)cc4)c4cccc5c4oc4ccccc45)ccc3c21. The highest BCUT2D eigenvalue weighted by Gasteiger charge is 2.54. The maximum atomic E-state index is 6.75. The van der Waals surface area contributed by atoms with E-state index >= 15 is 0 Å². The van der Waals surface area contributed by atoms with E-state index in [1.807, 2.05) is 64.1 Å². The van der Waals surface area contributed by atoms with Crippen molar-refractivity contribution in [2.45, 2.75) is 47.0 Å². The lowest BCUT2D eigenvalue weighted by molar-refractivity contribution is 0.604. The Morgan fingerprint density at radius 2 is 0.931 bits per heavy atom. The van der Waals surface area contributed by atoms with Gasteiger partial charge < -0.3 is 18.6 Å². The van der Waals surface area contributed by atoms with Crippen molar-refractivity contribution < 1.29 is 8.83 Å². The van der Waals surface area contributed by atoms with E-state index in [0.717, 1.165) is 100 Å². The zero-order valence-electron chi connectivity index (χ0n) is 50.3. The fourth-order valence-corrected chi connectivity index (χ4v) is 13.6. The third-order valence-corrected chi connectivity index (χ3v) is 17.3. The van der Waals surface area contributed by atoms with Crippen molar-refractivity contribution in [1.82, 2.24) is 0 Å². The second-order valence-electron chi connectivity index (χ2n) is 22.4. The Balaban J connectivity index is 0.000000954. The highest BCUT2D eigenvalue weighted by atomic mass is 16.3. The van der Waals surface area contributed by atoms with Crippen LogP contribution in [0.4, 0.5) is 34.1 Å². The molecule has 13 aromatic rings. The van der Waals surface area contributed by atoms with E-state index < -0.39 is 5.41 Å². The van der Waals surface area contributed by atoms with Gasteiger partial charge in [0.1, 0.15) is 11.3 Å². The lowest BCUT2D eigenvalue weighted by atomic mass is 9.68. The van der Waals surface area contributed by atoms with Gasteiger partial charge in [0, 0.05) is 44.5 Å². The van der Waals surface area contributed by atoms with Gasteiger partial charge in [0.25, 0.3) is 0 Å². The molecule has 0 saturated carbocycles. The molecule has 2 aliphatic carbocycles. The van der Waals surface area contributed by atoms with Gasteiger partial charge in [-0.25, -0.2) is 0 Å². The molecule has 1 spiro atoms. The first-order valence-electron chi connectivity index (χ1n) is 29.9. The number of para-hydroxylation sites is 3. The van der Waals surface area contributed by atoms with Crippen molar-refractivity contribution >= 4 is 113 Å². The highest BCUT2D eigenvalue weighted by molar-refractivity contribution is 6.13. The minimum absolute atomic E-state index is 0.715. The van der Waals surface area contributed by atoms with Crippen molar-refractivity contribution in [3.8, 4) is 22.3 Å². The highest BCUT2D eigenvalue weighted by Crippen LogP contribution is 2.66. The Hall–Kier alpha value is -10.7. The van der Waals surface area contributed by atoms with Crippen LogP contribution in [-0.2, 0) is 5.41 Å². The van der Waals surface area contributed by atoms with E-state index in [1.54, 1.807) is 6.08 Å². The lowest BCUT2D eigenvalue weighted by Crippen LogP contribution is -2.26. The first-order valence-corrected chi connectivity index (χ1v) is 29.9. The van der Waals surface area contributed by atoms with Gasteiger partial charge in [-0.3, -0.25) is 0 Å². The van der Waals surface area contributed by atoms with Crippen LogP contribution in [0.3, 0.4) is 0 Å². The fraction of sp³-hybridized carbons (Fsp3) is 0.0843. The molecule has 2 heterocycles. The maximum absolute atomic E-state index is 6.75. The number of aryl methyl sites for hydroxylation is 2. The van der Waals surface area contributed by atoms with E-state index in [2.05, 4.69) is 262 Å². The summed E-state index contributed by atoms with van der Waals surface area (Å²) in [6.45, 7) is 28.4. The molecule has 0 amide bonds. The van der Waals surface area contributed by atoms with Gasteiger partial charge in [-0.2, -0.15) is 0 Å². The number of benzene rings is 11. The summed E-state index contributed by atoms with van der Waals surface area (Å²) in [6.07, 6.45) is 15.7. The Labute approximate surface area is 510 Å². The van der Waals surface area contributed by atoms with Crippen LogP contribution in [0.25, 0.3) is 101 Å². The summed E-state index contributed by atoms with van der Waals surface area (Å²) in [4.78, 5) is 4.69. The predicted molar refractivity (Wildman–Crippen MR) is 375 cm³/mol. The van der Waals surface area contributed by atoms with E-state index in [9.17, 15) is 0 Å². The monoisotopic (exact) mass is 1120 g/mol. The van der Waals surface area contributed by atoms with Crippen LogP contribution in [0.5, 0.6) is 0 Å². The number of fused-ring (bicyclic) bond motifs is 18. The number of furan rings is 2. The van der Waals surface area contributed by atoms with Crippen LogP contribution in [-0.4, -0.2) is 0 Å². The van der Waals surface area contributed by atoms with Crippen molar-refractivity contribution in [2.24, 2.45) is 0 Å². The average molecular weight is 1130 g/mol. The summed E-state index contributed by atoms with van der Waals surface area (Å²) in [5.41, 5.74) is 23.4. The molecule has 11 aromatic carbocycles. The first kappa shape index (κ1) is 55.5. The summed E-state index contributed by atoms with van der Waals surface area (Å²) in [7, 11) is 0. The number of hydrogen-bond donors (Lipinski definition) is 0. The molecular formula is C83H68N2O2. The van der Waals surface area contributed by atoms with E-state index in [1.165, 1.54) is 66.4 Å². The summed E-state index contributed by atoms with van der Waals surface area (Å²) in [6, 6.07) is 75.9. The number of hydrogen-bond acceptors (Lipinski definition) is 4. The molecule has 0 radical (unpaired) electrons. The molecule has 0 fully saturated rings. The summed E-state index contributed by atoms with van der Waals surface area (Å²) < 4.78 is 13.5. The van der Waals surface area contributed by atoms with Crippen molar-refractivity contribution in [3.05, 3.63) is 313 Å². The van der Waals surface area contributed by atoms with Crippen LogP contribution in [0.2, 0.25) is 0 Å². The maximum Gasteiger partial charge on any atom is 0.159 e. The molecule has 2 aromatic heterocycles. The zero-order chi connectivity index (χ0) is 60.1. The van der Waals surface area contributed by atoms with Crippen LogP contribution in [0.1, 0.15) is 83.5 Å². The third kappa shape index (κ3) is 8.82. The van der Waals surface area contributed by atoms with Gasteiger partial charge >= 0.3 is 0 Å². The number of nitrogens with zero attached hydrogens (tertiary/aromatic N) is 2. The van der Waals surface area contributed by atoms with Gasteiger partial charge in [0.2, 0.25) is 0 Å².